The lowest BCUT2D eigenvalue weighted by Gasteiger charge is -2.40. The van der Waals surface area contributed by atoms with Crippen LogP contribution in [0, 0.1) is 0 Å². The van der Waals surface area contributed by atoms with Gasteiger partial charge in [0.2, 0.25) is 5.91 Å². The second-order valence-electron chi connectivity index (χ2n) is 8.93. The van der Waals surface area contributed by atoms with Gasteiger partial charge in [-0.3, -0.25) is 14.4 Å². The summed E-state index contributed by atoms with van der Waals surface area (Å²) in [5.41, 5.74) is 12.9. The number of carbonyl (C=O) groups is 2. The molecular formula is C26H28ClN5O3. The lowest BCUT2D eigenvalue weighted by Crippen LogP contribution is -2.43. The topological polar surface area (TPSA) is 133 Å². The Bertz CT molecular complexity index is 1280. The highest BCUT2D eigenvalue weighted by molar-refractivity contribution is 6.30. The number of aromatic nitrogens is 2. The van der Waals surface area contributed by atoms with Crippen LogP contribution >= 0.6 is 11.6 Å². The first-order valence-electron chi connectivity index (χ1n) is 11.5. The molecule has 2 aromatic carbocycles. The van der Waals surface area contributed by atoms with Crippen molar-refractivity contribution in [3.8, 4) is 11.3 Å². The molecular weight excluding hydrogens is 466 g/mol. The van der Waals surface area contributed by atoms with Crippen LogP contribution in [0.15, 0.2) is 65.5 Å². The third kappa shape index (κ3) is 5.28. The minimum Gasteiger partial charge on any atom is -0.368 e. The summed E-state index contributed by atoms with van der Waals surface area (Å²) in [5.74, 6) is -1.35. The van der Waals surface area contributed by atoms with Crippen molar-refractivity contribution in [2.45, 2.75) is 37.1 Å². The predicted octanol–water partition coefficient (Wildman–Crippen LogP) is 2.79. The molecule has 0 saturated heterocycles. The Kier molecular flexibility index (Phi) is 7.33. The molecule has 1 saturated carbocycles. The highest BCUT2D eigenvalue weighted by atomic mass is 35.5. The minimum absolute atomic E-state index is 0.0781. The summed E-state index contributed by atoms with van der Waals surface area (Å²) in [5, 5.41) is 7.72. The van der Waals surface area contributed by atoms with Crippen LogP contribution < -0.4 is 22.3 Å². The van der Waals surface area contributed by atoms with E-state index in [1.165, 1.54) is 10.7 Å². The SMILES string of the molecule is NC[C@]1(c2cccc(Cl)c2)CC[C@H](n2nc(-c3ccccc3)cc(C(=O)NCC(N)=O)c2=O)CC1. The Hall–Kier alpha value is -3.49. The lowest BCUT2D eigenvalue weighted by atomic mass is 9.68. The van der Waals surface area contributed by atoms with Crippen LogP contribution in [-0.2, 0) is 10.2 Å². The van der Waals surface area contributed by atoms with Crippen LogP contribution in [0.5, 0.6) is 0 Å². The van der Waals surface area contributed by atoms with Gasteiger partial charge in [-0.15, -0.1) is 0 Å². The summed E-state index contributed by atoms with van der Waals surface area (Å²) >= 11 is 6.23. The molecule has 4 rings (SSSR count). The monoisotopic (exact) mass is 493 g/mol. The van der Waals surface area contributed by atoms with Gasteiger partial charge in [0.05, 0.1) is 18.3 Å². The highest BCUT2D eigenvalue weighted by Gasteiger charge is 2.37. The number of carbonyl (C=O) groups excluding carboxylic acids is 2. The van der Waals surface area contributed by atoms with Crippen molar-refractivity contribution in [2.75, 3.05) is 13.1 Å². The van der Waals surface area contributed by atoms with Gasteiger partial charge in [-0.05, 0) is 49.4 Å². The average molecular weight is 494 g/mol. The number of nitrogens with two attached hydrogens (primary N) is 2. The fourth-order valence-electron chi connectivity index (χ4n) is 4.76. The van der Waals surface area contributed by atoms with Crippen molar-refractivity contribution in [3.63, 3.8) is 0 Å². The smallest absolute Gasteiger partial charge is 0.279 e. The maximum atomic E-state index is 13.4. The van der Waals surface area contributed by atoms with E-state index in [1.54, 1.807) is 0 Å². The first kappa shape index (κ1) is 24.6. The van der Waals surface area contributed by atoms with Gasteiger partial charge in [-0.25, -0.2) is 4.68 Å². The molecule has 9 heteroatoms. The number of primary amides is 1. The fourth-order valence-corrected chi connectivity index (χ4v) is 4.95. The number of hydrogen-bond acceptors (Lipinski definition) is 5. The molecule has 1 aromatic heterocycles. The summed E-state index contributed by atoms with van der Waals surface area (Å²) in [4.78, 5) is 37.3. The number of benzene rings is 2. The van der Waals surface area contributed by atoms with Gasteiger partial charge in [0, 0.05) is 22.5 Å². The molecule has 8 nitrogen and oxygen atoms in total. The van der Waals surface area contributed by atoms with E-state index in [1.807, 2.05) is 54.6 Å². The van der Waals surface area contributed by atoms with E-state index in [4.69, 9.17) is 23.1 Å². The third-order valence-corrected chi connectivity index (χ3v) is 6.99. The van der Waals surface area contributed by atoms with E-state index in [9.17, 15) is 14.4 Å². The number of rotatable bonds is 7. The van der Waals surface area contributed by atoms with Crippen LogP contribution in [0.25, 0.3) is 11.3 Å². The summed E-state index contributed by atoms with van der Waals surface area (Å²) in [6.45, 7) is 0.108. The Morgan fingerprint density at radius 2 is 1.80 bits per heavy atom. The van der Waals surface area contributed by atoms with Crippen LogP contribution in [0.2, 0.25) is 5.02 Å². The summed E-state index contributed by atoms with van der Waals surface area (Å²) in [7, 11) is 0. The normalized spacial score (nSPS) is 19.8. The van der Waals surface area contributed by atoms with Crippen molar-refractivity contribution >= 4 is 23.4 Å². The summed E-state index contributed by atoms with van der Waals surface area (Å²) in [6.07, 6.45) is 2.83. The second-order valence-corrected chi connectivity index (χ2v) is 9.37. The van der Waals surface area contributed by atoms with Gasteiger partial charge >= 0.3 is 0 Å². The van der Waals surface area contributed by atoms with Crippen LogP contribution in [-0.4, -0.2) is 34.7 Å². The van der Waals surface area contributed by atoms with Crippen molar-refractivity contribution in [2.24, 2.45) is 11.5 Å². The van der Waals surface area contributed by atoms with Gasteiger partial charge in [-0.2, -0.15) is 5.10 Å². The molecule has 0 bridgehead atoms. The van der Waals surface area contributed by atoms with E-state index in [2.05, 4.69) is 10.4 Å². The molecule has 182 valence electrons. The Balaban J connectivity index is 1.68. The largest absolute Gasteiger partial charge is 0.368 e. The van der Waals surface area contributed by atoms with E-state index >= 15 is 0 Å². The summed E-state index contributed by atoms with van der Waals surface area (Å²) < 4.78 is 1.42. The van der Waals surface area contributed by atoms with E-state index in [-0.39, 0.29) is 23.6 Å². The molecule has 0 radical (unpaired) electrons. The van der Waals surface area contributed by atoms with Crippen molar-refractivity contribution < 1.29 is 9.59 Å². The standard InChI is InChI=1S/C26H28ClN5O3/c27-19-8-4-7-18(13-19)26(16-28)11-9-20(10-12-26)32-25(35)21(24(34)30-15-23(29)33)14-22(31-32)17-5-2-1-3-6-17/h1-8,13-14,20H,9-12,15-16,28H2,(H2,29,33)(H,30,34)/t20-,26-. The molecule has 35 heavy (non-hydrogen) atoms. The van der Waals surface area contributed by atoms with Crippen molar-refractivity contribution in [1.82, 2.24) is 15.1 Å². The minimum atomic E-state index is -0.692. The first-order chi connectivity index (χ1) is 16.8. The van der Waals surface area contributed by atoms with Gasteiger partial charge < -0.3 is 16.8 Å². The first-order valence-corrected chi connectivity index (χ1v) is 11.9. The molecule has 2 amide bonds. The molecule has 1 aliphatic rings. The fraction of sp³-hybridized carbons (Fsp3) is 0.308. The molecule has 1 heterocycles. The van der Waals surface area contributed by atoms with Gasteiger partial charge in [-0.1, -0.05) is 54.1 Å². The third-order valence-electron chi connectivity index (χ3n) is 6.76. The van der Waals surface area contributed by atoms with E-state index < -0.39 is 17.4 Å². The maximum absolute atomic E-state index is 13.4. The zero-order valence-corrected chi connectivity index (χ0v) is 20.0. The number of halogens is 1. The van der Waals surface area contributed by atoms with Gasteiger partial charge in [0.15, 0.2) is 0 Å². The number of amides is 2. The van der Waals surface area contributed by atoms with Crippen molar-refractivity contribution in [1.29, 1.82) is 0 Å². The number of hydrogen-bond donors (Lipinski definition) is 3. The molecule has 0 atom stereocenters. The van der Waals surface area contributed by atoms with Crippen LogP contribution in [0.3, 0.4) is 0 Å². The molecule has 0 spiro atoms. The van der Waals surface area contributed by atoms with E-state index in [0.717, 1.165) is 24.0 Å². The molecule has 5 N–H and O–H groups in total. The predicted molar refractivity (Wildman–Crippen MR) is 135 cm³/mol. The number of nitrogens with one attached hydrogen (secondary N) is 1. The van der Waals surface area contributed by atoms with Gasteiger partial charge in [0.25, 0.3) is 11.5 Å². The average Bonchev–Trinajstić information content (AvgIpc) is 2.88. The zero-order valence-electron chi connectivity index (χ0n) is 19.2. The maximum Gasteiger partial charge on any atom is 0.279 e. The second kappa shape index (κ2) is 10.4. The molecule has 0 unspecified atom stereocenters. The Labute approximate surface area is 208 Å². The Morgan fingerprint density at radius 3 is 2.43 bits per heavy atom. The zero-order chi connectivity index (χ0) is 25.0. The molecule has 1 fully saturated rings. The number of nitrogens with zero attached hydrogens (tertiary/aromatic N) is 2. The van der Waals surface area contributed by atoms with Crippen molar-refractivity contribution in [3.05, 3.63) is 87.2 Å². The lowest BCUT2D eigenvalue weighted by molar-refractivity contribution is -0.117. The molecule has 1 aliphatic carbocycles. The van der Waals surface area contributed by atoms with E-state index in [0.29, 0.717) is 30.1 Å². The van der Waals surface area contributed by atoms with Gasteiger partial charge in [0.1, 0.15) is 5.56 Å². The Morgan fingerprint density at radius 1 is 1.09 bits per heavy atom. The summed E-state index contributed by atoms with van der Waals surface area (Å²) in [6, 6.07) is 18.3. The van der Waals surface area contributed by atoms with Crippen LogP contribution in [0.1, 0.15) is 47.6 Å². The van der Waals surface area contributed by atoms with Crippen LogP contribution in [0.4, 0.5) is 0 Å². The quantitative estimate of drug-likeness (QED) is 0.465. The molecule has 0 aliphatic heterocycles. The highest BCUT2D eigenvalue weighted by Crippen LogP contribution is 2.42. The molecule has 3 aromatic rings.